The maximum atomic E-state index is 12.0. The van der Waals surface area contributed by atoms with Crippen molar-refractivity contribution >= 4 is 34.6 Å². The number of nitrogens with zero attached hydrogens (tertiary/aromatic N) is 1. The number of rotatable bonds is 7. The molecule has 1 aliphatic carbocycles. The van der Waals surface area contributed by atoms with Gasteiger partial charge in [-0.2, -0.15) is 0 Å². The topological polar surface area (TPSA) is 79.3 Å². The number of aliphatic carboxylic acids is 1. The van der Waals surface area contributed by atoms with E-state index in [0.29, 0.717) is 18.0 Å². The number of thiazole rings is 1. The van der Waals surface area contributed by atoms with Crippen molar-refractivity contribution in [2.45, 2.75) is 31.7 Å². The van der Waals surface area contributed by atoms with Crippen LogP contribution < -0.4 is 5.32 Å². The van der Waals surface area contributed by atoms with Gasteiger partial charge in [0, 0.05) is 5.38 Å². The van der Waals surface area contributed by atoms with Crippen molar-refractivity contribution in [3.63, 3.8) is 0 Å². The average Bonchev–Trinajstić information content (AvgIpc) is 2.95. The number of carboxylic acids is 1. The van der Waals surface area contributed by atoms with Crippen LogP contribution in [0.25, 0.3) is 9.88 Å². The molecule has 1 unspecified atom stereocenters. The van der Waals surface area contributed by atoms with E-state index in [1.807, 2.05) is 22.9 Å². The van der Waals surface area contributed by atoms with Crippen molar-refractivity contribution in [2.75, 3.05) is 0 Å². The number of carbonyl (C=O) groups excluding carboxylic acids is 1. The van der Waals surface area contributed by atoms with Crippen LogP contribution >= 0.6 is 22.7 Å². The zero-order valence-electron chi connectivity index (χ0n) is 11.8. The monoisotopic (exact) mass is 336 g/mol. The summed E-state index contributed by atoms with van der Waals surface area (Å²) in [6.45, 7) is 0. The summed E-state index contributed by atoms with van der Waals surface area (Å²) in [4.78, 5) is 28.7. The highest BCUT2D eigenvalue weighted by atomic mass is 32.1. The number of aromatic nitrogens is 1. The highest BCUT2D eigenvalue weighted by Gasteiger charge is 2.30. The largest absolute Gasteiger partial charge is 0.480 e. The molecule has 0 radical (unpaired) electrons. The van der Waals surface area contributed by atoms with Gasteiger partial charge in [-0.1, -0.05) is 18.9 Å². The molecular weight excluding hydrogens is 320 g/mol. The molecule has 5 nitrogen and oxygen atoms in total. The van der Waals surface area contributed by atoms with Crippen molar-refractivity contribution in [3.05, 3.63) is 28.6 Å². The summed E-state index contributed by atoms with van der Waals surface area (Å²) in [5.41, 5.74) is 0.682. The van der Waals surface area contributed by atoms with E-state index in [0.717, 1.165) is 22.7 Å². The van der Waals surface area contributed by atoms with Gasteiger partial charge in [0.1, 0.15) is 11.0 Å². The molecule has 7 heteroatoms. The highest BCUT2D eigenvalue weighted by molar-refractivity contribution is 7.20. The molecule has 0 bridgehead atoms. The minimum Gasteiger partial charge on any atom is -0.480 e. The summed E-state index contributed by atoms with van der Waals surface area (Å²) in [5, 5.41) is 16.5. The Labute approximate surface area is 136 Å². The van der Waals surface area contributed by atoms with E-state index in [4.69, 9.17) is 5.11 Å². The molecule has 1 atom stereocenters. The third kappa shape index (κ3) is 3.92. The molecular formula is C15H16N2O3S2. The number of carboxylic acid groups (broad SMARTS) is 1. The molecule has 2 heterocycles. The second kappa shape index (κ2) is 6.58. The van der Waals surface area contributed by atoms with E-state index in [9.17, 15) is 9.59 Å². The molecule has 0 aromatic carbocycles. The smallest absolute Gasteiger partial charge is 0.326 e. The lowest BCUT2D eigenvalue weighted by atomic mass is 10.1. The van der Waals surface area contributed by atoms with Crippen LogP contribution in [-0.2, 0) is 16.0 Å². The Morgan fingerprint density at radius 1 is 1.41 bits per heavy atom. The van der Waals surface area contributed by atoms with Crippen LogP contribution in [0.3, 0.4) is 0 Å². The van der Waals surface area contributed by atoms with Gasteiger partial charge in [-0.25, -0.2) is 9.78 Å². The zero-order chi connectivity index (χ0) is 15.5. The average molecular weight is 336 g/mol. The zero-order valence-corrected chi connectivity index (χ0v) is 13.5. The molecule has 2 aromatic rings. The van der Waals surface area contributed by atoms with E-state index in [1.54, 1.807) is 11.3 Å². The van der Waals surface area contributed by atoms with E-state index in [1.165, 1.54) is 11.3 Å². The summed E-state index contributed by atoms with van der Waals surface area (Å²) < 4.78 is 0. The third-order valence-electron chi connectivity index (χ3n) is 3.52. The second-order valence-electron chi connectivity index (χ2n) is 5.44. The van der Waals surface area contributed by atoms with Crippen molar-refractivity contribution in [1.82, 2.24) is 10.3 Å². The SMILES string of the molecule is O=C(Cc1csc(-c2cccs2)n1)NC(CC1CC1)C(=O)O. The minimum atomic E-state index is -0.960. The first-order valence-electron chi connectivity index (χ1n) is 7.12. The number of amides is 1. The number of hydrogen-bond donors (Lipinski definition) is 2. The van der Waals surface area contributed by atoms with Gasteiger partial charge in [0.15, 0.2) is 0 Å². The van der Waals surface area contributed by atoms with E-state index in [2.05, 4.69) is 10.3 Å². The molecule has 1 saturated carbocycles. The van der Waals surface area contributed by atoms with Gasteiger partial charge in [0.2, 0.25) is 5.91 Å². The standard InChI is InChI=1S/C15H16N2O3S2/c18-13(17-11(15(19)20)6-9-3-4-9)7-10-8-22-14(16-10)12-2-1-5-21-12/h1-2,5,8-9,11H,3-4,6-7H2,(H,17,18)(H,19,20). The number of nitrogens with one attached hydrogen (secondary N) is 1. The van der Waals surface area contributed by atoms with Gasteiger partial charge >= 0.3 is 5.97 Å². The molecule has 0 saturated heterocycles. The fourth-order valence-electron chi connectivity index (χ4n) is 2.22. The number of thiophene rings is 1. The lowest BCUT2D eigenvalue weighted by molar-refractivity contribution is -0.142. The Bertz CT molecular complexity index is 662. The molecule has 116 valence electrons. The summed E-state index contributed by atoms with van der Waals surface area (Å²) in [5.74, 6) is -0.792. The molecule has 1 amide bonds. The summed E-state index contributed by atoms with van der Waals surface area (Å²) in [6.07, 6.45) is 2.78. The van der Waals surface area contributed by atoms with Gasteiger partial charge in [0.05, 0.1) is 17.0 Å². The first-order valence-corrected chi connectivity index (χ1v) is 8.88. The number of hydrogen-bond acceptors (Lipinski definition) is 5. The lowest BCUT2D eigenvalue weighted by Crippen LogP contribution is -2.41. The van der Waals surface area contributed by atoms with Crippen LogP contribution in [0.4, 0.5) is 0 Å². The van der Waals surface area contributed by atoms with E-state index < -0.39 is 12.0 Å². The maximum absolute atomic E-state index is 12.0. The minimum absolute atomic E-state index is 0.121. The second-order valence-corrected chi connectivity index (χ2v) is 7.24. The molecule has 0 spiro atoms. The van der Waals surface area contributed by atoms with Crippen LogP contribution in [0.5, 0.6) is 0 Å². The molecule has 2 N–H and O–H groups in total. The molecule has 3 rings (SSSR count). The predicted molar refractivity (Wildman–Crippen MR) is 86.0 cm³/mol. The summed E-state index contributed by atoms with van der Waals surface area (Å²) in [7, 11) is 0. The van der Waals surface area contributed by atoms with Crippen molar-refractivity contribution in [1.29, 1.82) is 0 Å². The Morgan fingerprint density at radius 2 is 2.23 bits per heavy atom. The first-order chi connectivity index (χ1) is 10.6. The van der Waals surface area contributed by atoms with Gasteiger partial charge in [-0.05, 0) is 23.8 Å². The van der Waals surface area contributed by atoms with Crippen LogP contribution in [0.2, 0.25) is 0 Å². The van der Waals surface area contributed by atoms with Crippen molar-refractivity contribution in [2.24, 2.45) is 5.92 Å². The predicted octanol–water partition coefficient (Wildman–Crippen LogP) is 2.78. The van der Waals surface area contributed by atoms with Crippen LogP contribution in [0, 0.1) is 5.92 Å². The molecule has 1 fully saturated rings. The Morgan fingerprint density at radius 3 is 2.86 bits per heavy atom. The first kappa shape index (κ1) is 15.2. The van der Waals surface area contributed by atoms with Gasteiger partial charge in [-0.3, -0.25) is 4.79 Å². The number of carbonyl (C=O) groups is 2. The normalized spacial score (nSPS) is 15.5. The Kier molecular flexibility index (Phi) is 4.54. The molecule has 2 aromatic heterocycles. The van der Waals surface area contributed by atoms with Crippen LogP contribution in [0.1, 0.15) is 25.0 Å². The maximum Gasteiger partial charge on any atom is 0.326 e. The summed E-state index contributed by atoms with van der Waals surface area (Å²) >= 11 is 3.10. The Balaban J connectivity index is 1.57. The highest BCUT2D eigenvalue weighted by Crippen LogP contribution is 2.33. The van der Waals surface area contributed by atoms with E-state index >= 15 is 0 Å². The van der Waals surface area contributed by atoms with Crippen LogP contribution in [-0.4, -0.2) is 28.0 Å². The van der Waals surface area contributed by atoms with Crippen LogP contribution in [0.15, 0.2) is 22.9 Å². The molecule has 0 aliphatic heterocycles. The molecule has 22 heavy (non-hydrogen) atoms. The fraction of sp³-hybridized carbons (Fsp3) is 0.400. The van der Waals surface area contributed by atoms with Crippen molar-refractivity contribution in [3.8, 4) is 9.88 Å². The Hall–Kier alpha value is -1.73. The lowest BCUT2D eigenvalue weighted by Gasteiger charge is -2.13. The third-order valence-corrected chi connectivity index (χ3v) is 5.45. The summed E-state index contributed by atoms with van der Waals surface area (Å²) in [6, 6.07) is 3.17. The van der Waals surface area contributed by atoms with E-state index in [-0.39, 0.29) is 12.3 Å². The van der Waals surface area contributed by atoms with Gasteiger partial charge < -0.3 is 10.4 Å². The quantitative estimate of drug-likeness (QED) is 0.815. The fourth-order valence-corrected chi connectivity index (χ4v) is 3.85. The van der Waals surface area contributed by atoms with Gasteiger partial charge in [0.25, 0.3) is 0 Å². The molecule has 1 aliphatic rings. The van der Waals surface area contributed by atoms with Gasteiger partial charge in [-0.15, -0.1) is 22.7 Å². The van der Waals surface area contributed by atoms with Crippen molar-refractivity contribution < 1.29 is 14.7 Å².